The smallest absolute Gasteiger partial charge is 0.270 e. The molecule has 0 aliphatic carbocycles. The number of rotatable bonds is 5. The zero-order valence-electron chi connectivity index (χ0n) is 24.2. The van der Waals surface area contributed by atoms with Gasteiger partial charge in [0.05, 0.1) is 5.56 Å². The molecular formula is C32H40N8O2. The summed E-state index contributed by atoms with van der Waals surface area (Å²) in [7, 11) is 3.47. The van der Waals surface area contributed by atoms with Crippen molar-refractivity contribution < 1.29 is 9.59 Å². The van der Waals surface area contributed by atoms with Crippen LogP contribution in [0.1, 0.15) is 67.4 Å². The monoisotopic (exact) mass is 568 g/mol. The Morgan fingerprint density at radius 2 is 1.74 bits per heavy atom. The first-order valence-corrected chi connectivity index (χ1v) is 14.1. The second-order valence-electron chi connectivity index (χ2n) is 12.2. The van der Waals surface area contributed by atoms with Crippen LogP contribution in [0.2, 0.25) is 0 Å². The molecular weight excluding hydrogens is 528 g/mol. The van der Waals surface area contributed by atoms with Crippen LogP contribution < -0.4 is 10.6 Å². The van der Waals surface area contributed by atoms with Crippen molar-refractivity contribution in [3.8, 4) is 5.69 Å². The molecule has 42 heavy (non-hydrogen) atoms. The number of piperazine rings is 1. The number of benzene rings is 1. The second kappa shape index (κ2) is 11.2. The lowest BCUT2D eigenvalue weighted by Crippen LogP contribution is -2.53. The molecule has 2 aliphatic rings. The topological polar surface area (TPSA) is 108 Å². The molecule has 2 unspecified atom stereocenters. The third kappa shape index (κ3) is 5.59. The molecule has 2 aliphatic heterocycles. The molecule has 2 saturated heterocycles. The Bertz CT molecular complexity index is 1610. The summed E-state index contributed by atoms with van der Waals surface area (Å²) in [5.41, 5.74) is 3.62. The lowest BCUT2D eigenvalue weighted by Gasteiger charge is -2.32. The van der Waals surface area contributed by atoms with E-state index >= 15 is 0 Å². The van der Waals surface area contributed by atoms with E-state index in [4.69, 9.17) is 4.98 Å². The number of nitrogens with zero attached hydrogens (tertiary/aromatic N) is 6. The van der Waals surface area contributed by atoms with Gasteiger partial charge in [0.2, 0.25) is 5.95 Å². The highest BCUT2D eigenvalue weighted by atomic mass is 16.2. The first-order valence-electron chi connectivity index (χ1n) is 14.1. The molecule has 2 N–H and O–H groups in total. The summed E-state index contributed by atoms with van der Waals surface area (Å²) in [5, 5.41) is 7.47. The number of carbonyl (C=O) groups is 2. The number of pyridine rings is 1. The maximum Gasteiger partial charge on any atom is 0.270 e. The van der Waals surface area contributed by atoms with E-state index in [1.807, 2.05) is 27.7 Å². The van der Waals surface area contributed by atoms with Crippen molar-refractivity contribution in [3.05, 3.63) is 71.7 Å². The molecule has 2 amide bonds. The van der Waals surface area contributed by atoms with Crippen molar-refractivity contribution in [1.29, 1.82) is 0 Å². The van der Waals surface area contributed by atoms with Gasteiger partial charge < -0.3 is 20.4 Å². The molecule has 10 heteroatoms. The summed E-state index contributed by atoms with van der Waals surface area (Å²) in [6.07, 6.45) is 5.55. The van der Waals surface area contributed by atoms with Gasteiger partial charge in [0, 0.05) is 62.7 Å². The Kier molecular flexibility index (Phi) is 7.76. The van der Waals surface area contributed by atoms with Crippen LogP contribution in [-0.4, -0.2) is 80.4 Å². The van der Waals surface area contributed by atoms with Crippen molar-refractivity contribution in [1.82, 2.24) is 34.6 Å². The standard InChI is InChI=1S/C31H36N8O2.CH4/c1-31(2,3)21-7-6-8-24(14-21)39-25(29(41)37(4)5)13-20-16-33-30(36-27(20)39)35-26-12-9-19(15-32-26)28(40)38-17-22-10-11-23(18-38)34-22;/h6-9,12-16,22-23,34H,10-11,17-18H2,1-5H3,(H,32,33,35,36);1H4. The zero-order chi connectivity index (χ0) is 28.9. The van der Waals surface area contributed by atoms with Crippen molar-refractivity contribution in [2.45, 2.75) is 58.5 Å². The predicted molar refractivity (Wildman–Crippen MR) is 166 cm³/mol. The number of carbonyl (C=O) groups excluding carboxylic acids is 2. The molecule has 0 radical (unpaired) electrons. The van der Waals surface area contributed by atoms with E-state index in [0.717, 1.165) is 42.6 Å². The minimum atomic E-state index is -0.127. The molecule has 0 spiro atoms. The Morgan fingerprint density at radius 1 is 1.00 bits per heavy atom. The summed E-state index contributed by atoms with van der Waals surface area (Å²) in [4.78, 5) is 43.5. The van der Waals surface area contributed by atoms with Crippen LogP contribution in [0, 0.1) is 0 Å². The quantitative estimate of drug-likeness (QED) is 0.357. The van der Waals surface area contributed by atoms with E-state index in [1.165, 1.54) is 0 Å². The van der Waals surface area contributed by atoms with Gasteiger partial charge in [-0.1, -0.05) is 40.3 Å². The van der Waals surface area contributed by atoms with E-state index in [9.17, 15) is 9.59 Å². The van der Waals surface area contributed by atoms with Crippen molar-refractivity contribution >= 4 is 34.6 Å². The SMILES string of the molecule is C.CN(C)C(=O)c1cc2cnc(Nc3ccc(C(=O)N4CC5CCC(C4)N5)cn3)nc2n1-c1cccc(C(C)(C)C)c1. The van der Waals surface area contributed by atoms with Gasteiger partial charge >= 0.3 is 0 Å². The predicted octanol–water partition coefficient (Wildman–Crippen LogP) is 4.77. The highest BCUT2D eigenvalue weighted by Gasteiger charge is 2.34. The van der Waals surface area contributed by atoms with Gasteiger partial charge in [0.15, 0.2) is 5.65 Å². The molecule has 10 nitrogen and oxygen atoms in total. The Morgan fingerprint density at radius 3 is 2.38 bits per heavy atom. The molecule has 5 heterocycles. The van der Waals surface area contributed by atoms with Crippen LogP contribution in [0.15, 0.2) is 54.9 Å². The number of nitrogens with one attached hydrogen (secondary N) is 2. The third-order valence-corrected chi connectivity index (χ3v) is 7.89. The van der Waals surface area contributed by atoms with Gasteiger partial charge in [-0.05, 0) is 54.2 Å². The van der Waals surface area contributed by atoms with Crippen molar-refractivity contribution in [2.75, 3.05) is 32.5 Å². The van der Waals surface area contributed by atoms with Crippen LogP contribution in [0.4, 0.5) is 11.8 Å². The largest absolute Gasteiger partial charge is 0.343 e. The van der Waals surface area contributed by atoms with E-state index in [1.54, 1.807) is 43.5 Å². The number of hydrogen-bond acceptors (Lipinski definition) is 7. The third-order valence-electron chi connectivity index (χ3n) is 7.89. The van der Waals surface area contributed by atoms with Crippen LogP contribution in [-0.2, 0) is 5.41 Å². The lowest BCUT2D eigenvalue weighted by molar-refractivity contribution is 0.0697. The van der Waals surface area contributed by atoms with Gasteiger partial charge in [-0.15, -0.1) is 0 Å². The lowest BCUT2D eigenvalue weighted by atomic mass is 9.87. The number of fused-ring (bicyclic) bond motifs is 3. The Balaban J connectivity index is 0.00000353. The summed E-state index contributed by atoms with van der Waals surface area (Å²) in [6.45, 7) is 7.96. The van der Waals surface area contributed by atoms with E-state index in [2.05, 4.69) is 53.5 Å². The first kappa shape index (κ1) is 29.2. The molecule has 220 valence electrons. The van der Waals surface area contributed by atoms with E-state index in [0.29, 0.717) is 40.8 Å². The normalized spacial score (nSPS) is 18.1. The summed E-state index contributed by atoms with van der Waals surface area (Å²) in [5.74, 6) is 0.753. The molecule has 0 saturated carbocycles. The summed E-state index contributed by atoms with van der Waals surface area (Å²) < 4.78 is 1.88. The highest BCUT2D eigenvalue weighted by Crippen LogP contribution is 2.29. The van der Waals surface area contributed by atoms with Gasteiger partial charge in [-0.2, -0.15) is 4.98 Å². The molecule has 3 aromatic heterocycles. The Labute approximate surface area is 247 Å². The number of amides is 2. The molecule has 2 bridgehead atoms. The van der Waals surface area contributed by atoms with Gasteiger partial charge in [0.25, 0.3) is 11.8 Å². The van der Waals surface area contributed by atoms with Crippen LogP contribution in [0.3, 0.4) is 0 Å². The summed E-state index contributed by atoms with van der Waals surface area (Å²) >= 11 is 0. The number of anilines is 2. The number of likely N-dealkylation sites (tertiary alicyclic amines) is 1. The average Bonchev–Trinajstić information content (AvgIpc) is 3.50. The van der Waals surface area contributed by atoms with Crippen LogP contribution in [0.25, 0.3) is 16.7 Å². The fraction of sp³-hybridized carbons (Fsp3) is 0.406. The van der Waals surface area contributed by atoms with Gasteiger partial charge in [-0.25, -0.2) is 9.97 Å². The fourth-order valence-electron chi connectivity index (χ4n) is 5.66. The van der Waals surface area contributed by atoms with Gasteiger partial charge in [0.1, 0.15) is 11.5 Å². The van der Waals surface area contributed by atoms with Crippen molar-refractivity contribution in [3.63, 3.8) is 0 Å². The first-order chi connectivity index (χ1) is 19.6. The van der Waals surface area contributed by atoms with E-state index < -0.39 is 0 Å². The number of hydrogen-bond donors (Lipinski definition) is 2. The minimum absolute atomic E-state index is 0. The maximum absolute atomic E-state index is 13.2. The second-order valence-corrected chi connectivity index (χ2v) is 12.2. The molecule has 4 aromatic rings. The fourth-order valence-corrected chi connectivity index (χ4v) is 5.66. The molecule has 6 rings (SSSR count). The zero-order valence-corrected chi connectivity index (χ0v) is 24.2. The average molecular weight is 569 g/mol. The number of aromatic nitrogens is 4. The molecule has 2 fully saturated rings. The highest BCUT2D eigenvalue weighted by molar-refractivity contribution is 5.99. The van der Waals surface area contributed by atoms with Gasteiger partial charge in [-0.3, -0.25) is 14.2 Å². The van der Waals surface area contributed by atoms with Crippen molar-refractivity contribution in [2.24, 2.45) is 0 Å². The molecule has 1 aromatic carbocycles. The van der Waals surface area contributed by atoms with Crippen LogP contribution in [0.5, 0.6) is 0 Å². The van der Waals surface area contributed by atoms with Crippen LogP contribution >= 0.6 is 0 Å². The van der Waals surface area contributed by atoms with E-state index in [-0.39, 0.29) is 24.7 Å². The Hall–Kier alpha value is -4.31. The molecule has 2 atom stereocenters. The summed E-state index contributed by atoms with van der Waals surface area (Å²) in [6, 6.07) is 14.3. The maximum atomic E-state index is 13.2. The minimum Gasteiger partial charge on any atom is -0.343 e.